The first-order valence-corrected chi connectivity index (χ1v) is 21.8. The van der Waals surface area contributed by atoms with Gasteiger partial charge in [0.2, 0.25) is 5.91 Å². The largest absolute Gasteiger partial charge is 0.480 e. The van der Waals surface area contributed by atoms with Crippen LogP contribution in [0.3, 0.4) is 0 Å². The third-order valence-electron chi connectivity index (χ3n) is 10.7. The number of carboxylic acids is 1. The van der Waals surface area contributed by atoms with Gasteiger partial charge in [-0.05, 0) is 46.5 Å². The van der Waals surface area contributed by atoms with Crippen molar-refractivity contribution in [1.29, 1.82) is 0 Å². The molecule has 4 aromatic rings. The van der Waals surface area contributed by atoms with Gasteiger partial charge in [0.1, 0.15) is 13.2 Å². The molecule has 14 heteroatoms. The molecule has 330 valence electrons. The summed E-state index contributed by atoms with van der Waals surface area (Å²) in [5.74, 6) is -1.04. The number of carboxylic acid groups (broad SMARTS) is 1. The van der Waals surface area contributed by atoms with Crippen molar-refractivity contribution in [3.8, 4) is 0 Å². The topological polar surface area (TPSA) is 116 Å². The predicted octanol–water partition coefficient (Wildman–Crippen LogP) is 5.99. The highest BCUT2D eigenvalue weighted by Crippen LogP contribution is 2.32. The lowest BCUT2D eigenvalue weighted by atomic mass is 9.96. The second-order valence-electron chi connectivity index (χ2n) is 14.9. The highest BCUT2D eigenvalue weighted by molar-refractivity contribution is 6.30. The van der Waals surface area contributed by atoms with Crippen LogP contribution in [-0.4, -0.2) is 162 Å². The maximum Gasteiger partial charge on any atom is 0.329 e. The number of methoxy groups -OCH3 is 1. The van der Waals surface area contributed by atoms with Gasteiger partial charge >= 0.3 is 5.97 Å². The number of benzene rings is 4. The summed E-state index contributed by atoms with van der Waals surface area (Å²) in [5, 5.41) is 12.9. The fourth-order valence-electron chi connectivity index (χ4n) is 7.55. The number of halogens is 2. The Balaban J connectivity index is 0.000000237. The van der Waals surface area contributed by atoms with E-state index in [0.717, 1.165) is 75.5 Å². The van der Waals surface area contributed by atoms with Gasteiger partial charge in [0.25, 0.3) is 0 Å². The van der Waals surface area contributed by atoms with Gasteiger partial charge in [-0.3, -0.25) is 24.4 Å². The molecule has 2 unspecified atom stereocenters. The third kappa shape index (κ3) is 17.0. The number of aliphatic carboxylic acids is 1. The molecule has 0 aromatic heterocycles. The standard InChI is InChI=1S/C26H36ClN3O4.C21H25ClN2O3/c1-32-19-20-33-17-11-28-25(31)21-34-18-16-29-12-14-30(15-13-29)26(22-5-3-2-4-6-22)23-7-9-24(27)10-8-23;22-19-8-6-18(7-9-19)21(17-4-2-1-3-5-17)24-12-10-23(11-13-24)14-15-27-16-20(25)26/h2-10,26H,11-21H2,1H3,(H,28,31);1-9,21H,10-16H2,(H,25,26). The van der Waals surface area contributed by atoms with Crippen LogP contribution < -0.4 is 5.32 Å². The molecule has 2 fully saturated rings. The van der Waals surface area contributed by atoms with Crippen molar-refractivity contribution in [2.75, 3.05) is 125 Å². The van der Waals surface area contributed by atoms with Crippen LogP contribution in [-0.2, 0) is 28.5 Å². The highest BCUT2D eigenvalue weighted by Gasteiger charge is 2.28. The molecule has 0 radical (unpaired) electrons. The van der Waals surface area contributed by atoms with Crippen LogP contribution in [0.1, 0.15) is 34.3 Å². The molecular weight excluding hydrogens is 817 g/mol. The second kappa shape index (κ2) is 27.2. The van der Waals surface area contributed by atoms with Crippen molar-refractivity contribution in [3.63, 3.8) is 0 Å². The monoisotopic (exact) mass is 877 g/mol. The van der Waals surface area contributed by atoms with Crippen LogP contribution in [0.4, 0.5) is 0 Å². The molecule has 4 aromatic carbocycles. The zero-order chi connectivity index (χ0) is 43.1. The van der Waals surface area contributed by atoms with E-state index in [4.69, 9.17) is 47.3 Å². The van der Waals surface area contributed by atoms with E-state index in [-0.39, 0.29) is 31.2 Å². The molecule has 2 atom stereocenters. The molecule has 2 saturated heterocycles. The minimum Gasteiger partial charge on any atom is -0.480 e. The Labute approximate surface area is 371 Å². The van der Waals surface area contributed by atoms with Crippen LogP contribution in [0.25, 0.3) is 0 Å². The second-order valence-corrected chi connectivity index (χ2v) is 15.8. The summed E-state index contributed by atoms with van der Waals surface area (Å²) in [6.07, 6.45) is 0. The Kier molecular flexibility index (Phi) is 21.5. The van der Waals surface area contributed by atoms with Gasteiger partial charge in [0.15, 0.2) is 0 Å². The van der Waals surface area contributed by atoms with Gasteiger partial charge in [-0.1, -0.05) is 108 Å². The third-order valence-corrected chi connectivity index (χ3v) is 11.2. The molecule has 0 bridgehead atoms. The first-order valence-electron chi connectivity index (χ1n) is 21.0. The van der Waals surface area contributed by atoms with Crippen LogP contribution >= 0.6 is 23.2 Å². The molecule has 2 aliphatic heterocycles. The van der Waals surface area contributed by atoms with E-state index in [9.17, 15) is 9.59 Å². The Morgan fingerprint density at radius 1 is 0.557 bits per heavy atom. The van der Waals surface area contributed by atoms with Crippen molar-refractivity contribution in [2.24, 2.45) is 0 Å². The molecule has 1 amide bonds. The summed E-state index contributed by atoms with van der Waals surface area (Å²) in [5.41, 5.74) is 5.06. The van der Waals surface area contributed by atoms with Crippen LogP contribution in [0.15, 0.2) is 109 Å². The van der Waals surface area contributed by atoms with E-state index in [1.165, 1.54) is 22.3 Å². The number of ether oxygens (including phenoxy) is 4. The average Bonchev–Trinajstić information content (AvgIpc) is 3.28. The molecule has 2 heterocycles. The Bertz CT molecular complexity index is 1810. The maximum absolute atomic E-state index is 11.8. The number of carbonyl (C=O) groups is 2. The van der Waals surface area contributed by atoms with E-state index >= 15 is 0 Å². The molecule has 6 rings (SSSR count). The normalized spacial score (nSPS) is 16.3. The minimum atomic E-state index is -0.923. The van der Waals surface area contributed by atoms with Gasteiger partial charge in [-0.15, -0.1) is 0 Å². The molecular formula is C47H61Cl2N5O7. The number of hydrogen-bond donors (Lipinski definition) is 2. The van der Waals surface area contributed by atoms with E-state index < -0.39 is 5.97 Å². The van der Waals surface area contributed by atoms with Gasteiger partial charge in [-0.25, -0.2) is 4.79 Å². The molecule has 0 spiro atoms. The van der Waals surface area contributed by atoms with Gasteiger partial charge in [-0.2, -0.15) is 0 Å². The molecule has 12 nitrogen and oxygen atoms in total. The summed E-state index contributed by atoms with van der Waals surface area (Å²) in [7, 11) is 1.63. The zero-order valence-electron chi connectivity index (χ0n) is 35.2. The Morgan fingerprint density at radius 2 is 0.984 bits per heavy atom. The van der Waals surface area contributed by atoms with Gasteiger partial charge in [0.05, 0.1) is 45.1 Å². The zero-order valence-corrected chi connectivity index (χ0v) is 36.7. The number of amides is 1. The first-order chi connectivity index (χ1) is 29.8. The summed E-state index contributed by atoms with van der Waals surface area (Å²) < 4.78 is 21.0. The fraction of sp³-hybridized carbons (Fsp3) is 0.447. The quantitative estimate of drug-likeness (QED) is 0.0908. The minimum absolute atomic E-state index is 0.0741. The average molecular weight is 879 g/mol. The van der Waals surface area contributed by atoms with Crippen molar-refractivity contribution >= 4 is 35.1 Å². The molecule has 0 saturated carbocycles. The molecule has 2 N–H and O–H groups in total. The maximum atomic E-state index is 11.8. The van der Waals surface area contributed by atoms with Crippen LogP contribution in [0, 0.1) is 0 Å². The van der Waals surface area contributed by atoms with Crippen LogP contribution in [0.5, 0.6) is 0 Å². The lowest BCUT2D eigenvalue weighted by Crippen LogP contribution is -2.48. The molecule has 61 heavy (non-hydrogen) atoms. The number of piperazine rings is 2. The summed E-state index contributed by atoms with van der Waals surface area (Å²) >= 11 is 12.2. The summed E-state index contributed by atoms with van der Waals surface area (Å²) in [6.45, 7) is 12.1. The van der Waals surface area contributed by atoms with E-state index in [2.05, 4.69) is 104 Å². The van der Waals surface area contributed by atoms with Crippen LogP contribution in [0.2, 0.25) is 10.0 Å². The van der Waals surface area contributed by atoms with Crippen molar-refractivity contribution in [2.45, 2.75) is 12.1 Å². The summed E-state index contributed by atoms with van der Waals surface area (Å²) in [6, 6.07) is 37.8. The first kappa shape index (κ1) is 48.1. The summed E-state index contributed by atoms with van der Waals surface area (Å²) in [4.78, 5) is 32.1. The Hall–Kier alpha value is -3.92. The SMILES string of the molecule is COCCOCCNC(=O)COCCN1CCN(C(c2ccccc2)c2ccc(Cl)cc2)CC1.O=C(O)COCCN1CCN(C(c2ccccc2)c2ccc(Cl)cc2)CC1. The molecule has 0 aliphatic carbocycles. The number of nitrogens with zero attached hydrogens (tertiary/aromatic N) is 4. The number of carbonyl (C=O) groups excluding carboxylic acids is 1. The molecule has 2 aliphatic rings. The van der Waals surface area contributed by atoms with E-state index in [0.29, 0.717) is 39.6 Å². The number of nitrogens with one attached hydrogen (secondary N) is 1. The van der Waals surface area contributed by atoms with E-state index in [1.807, 2.05) is 30.3 Å². The lowest BCUT2D eigenvalue weighted by molar-refractivity contribution is -0.142. The smallest absolute Gasteiger partial charge is 0.329 e. The van der Waals surface area contributed by atoms with Gasteiger partial charge < -0.3 is 29.4 Å². The van der Waals surface area contributed by atoms with E-state index in [1.54, 1.807) is 7.11 Å². The lowest BCUT2D eigenvalue weighted by Gasteiger charge is -2.39. The van der Waals surface area contributed by atoms with Crippen molar-refractivity contribution in [3.05, 3.63) is 141 Å². The predicted molar refractivity (Wildman–Crippen MR) is 240 cm³/mol. The van der Waals surface area contributed by atoms with Crippen molar-refractivity contribution in [1.82, 2.24) is 24.9 Å². The fourth-order valence-corrected chi connectivity index (χ4v) is 7.80. The van der Waals surface area contributed by atoms with Gasteiger partial charge in [0, 0.05) is 89.1 Å². The number of rotatable bonds is 22. The Morgan fingerprint density at radius 3 is 1.41 bits per heavy atom. The number of hydrogen-bond acceptors (Lipinski definition) is 10. The van der Waals surface area contributed by atoms with Crippen molar-refractivity contribution < 1.29 is 33.6 Å². The highest BCUT2D eigenvalue weighted by atomic mass is 35.5.